The van der Waals surface area contributed by atoms with E-state index in [4.69, 9.17) is 11.6 Å². The van der Waals surface area contributed by atoms with E-state index in [1.54, 1.807) is 6.26 Å². The number of halogens is 1. The van der Waals surface area contributed by atoms with E-state index in [1.165, 1.54) is 6.92 Å². The average Bonchev–Trinajstić information content (AvgIpc) is 2.49. The summed E-state index contributed by atoms with van der Waals surface area (Å²) >= 11 is 6.26. The average molecular weight is 373 g/mol. The highest BCUT2D eigenvalue weighted by Crippen LogP contribution is 2.22. The summed E-state index contributed by atoms with van der Waals surface area (Å²) in [5.74, 6) is 0.128. The lowest BCUT2D eigenvalue weighted by atomic mass is 10.0. The predicted molar refractivity (Wildman–Crippen MR) is 98.5 cm³/mol. The maximum Gasteiger partial charge on any atom is 0.242 e. The Kier molecular flexibility index (Phi) is 8.42. The summed E-state index contributed by atoms with van der Waals surface area (Å²) in [5.41, 5.74) is 1.95. The Morgan fingerprint density at radius 2 is 1.96 bits per heavy atom. The van der Waals surface area contributed by atoms with E-state index in [0.717, 1.165) is 11.1 Å². The molecular formula is C17H25ClN2O3S. The van der Waals surface area contributed by atoms with Crippen molar-refractivity contribution in [1.82, 2.24) is 10.6 Å². The van der Waals surface area contributed by atoms with Crippen LogP contribution in [-0.4, -0.2) is 34.1 Å². The summed E-state index contributed by atoms with van der Waals surface area (Å²) in [6.45, 7) is 5.80. The number of hydrogen-bond donors (Lipinski definition) is 2. The van der Waals surface area contributed by atoms with Crippen LogP contribution < -0.4 is 10.6 Å². The van der Waals surface area contributed by atoms with Gasteiger partial charge in [-0.15, -0.1) is 0 Å². The number of amides is 2. The Balaban J connectivity index is 2.70. The summed E-state index contributed by atoms with van der Waals surface area (Å²) < 4.78 is 11.2. The minimum Gasteiger partial charge on any atom is -0.350 e. The molecule has 0 aliphatic heterocycles. The highest BCUT2D eigenvalue weighted by Gasteiger charge is 2.19. The second-order valence-corrected chi connectivity index (χ2v) is 8.00. The molecule has 0 aliphatic carbocycles. The Morgan fingerprint density at radius 3 is 2.46 bits per heavy atom. The number of nitrogens with one attached hydrogen (secondary N) is 2. The van der Waals surface area contributed by atoms with E-state index in [1.807, 2.05) is 18.2 Å². The quantitative estimate of drug-likeness (QED) is 0.735. The van der Waals surface area contributed by atoms with Gasteiger partial charge < -0.3 is 10.6 Å². The molecule has 0 saturated heterocycles. The van der Waals surface area contributed by atoms with Crippen molar-refractivity contribution < 1.29 is 13.8 Å². The number of hydrogen-bond acceptors (Lipinski definition) is 3. The van der Waals surface area contributed by atoms with Gasteiger partial charge in [0.1, 0.15) is 6.04 Å². The van der Waals surface area contributed by atoms with Crippen LogP contribution >= 0.6 is 11.6 Å². The van der Waals surface area contributed by atoms with Gasteiger partial charge in [-0.05, 0) is 29.5 Å². The molecule has 0 heterocycles. The van der Waals surface area contributed by atoms with Crippen molar-refractivity contribution >= 4 is 34.2 Å². The number of carbonyl (C=O) groups is 2. The first-order valence-electron chi connectivity index (χ1n) is 7.83. The molecular weight excluding hydrogens is 348 g/mol. The minimum absolute atomic E-state index is 0.279. The second-order valence-electron chi connectivity index (χ2n) is 6.04. The van der Waals surface area contributed by atoms with Crippen molar-refractivity contribution in [2.45, 2.75) is 45.7 Å². The third kappa shape index (κ3) is 7.01. The fourth-order valence-electron chi connectivity index (χ4n) is 2.17. The van der Waals surface area contributed by atoms with Crippen molar-refractivity contribution in [3.8, 4) is 0 Å². The van der Waals surface area contributed by atoms with Crippen molar-refractivity contribution in [2.24, 2.45) is 0 Å². The molecule has 2 atom stereocenters. The van der Waals surface area contributed by atoms with Crippen LogP contribution in [0.25, 0.3) is 0 Å². The van der Waals surface area contributed by atoms with Gasteiger partial charge in [0.05, 0.1) is 0 Å². The molecule has 0 spiro atoms. The van der Waals surface area contributed by atoms with Crippen LogP contribution in [0.2, 0.25) is 5.02 Å². The van der Waals surface area contributed by atoms with Crippen LogP contribution in [0.15, 0.2) is 18.2 Å². The fourth-order valence-corrected chi connectivity index (χ4v) is 2.99. The molecule has 7 heteroatoms. The van der Waals surface area contributed by atoms with E-state index in [2.05, 4.69) is 24.5 Å². The molecule has 0 radical (unpaired) electrons. The molecule has 0 aliphatic rings. The molecule has 1 aromatic carbocycles. The lowest BCUT2D eigenvalue weighted by molar-refractivity contribution is -0.128. The summed E-state index contributed by atoms with van der Waals surface area (Å²) in [7, 11) is -1.02. The molecule has 0 saturated carbocycles. The molecule has 24 heavy (non-hydrogen) atoms. The number of carbonyl (C=O) groups excluding carboxylic acids is 2. The third-order valence-corrected chi connectivity index (χ3v) is 4.75. The molecule has 5 nitrogen and oxygen atoms in total. The maximum absolute atomic E-state index is 12.3. The summed E-state index contributed by atoms with van der Waals surface area (Å²) in [5, 5.41) is 5.98. The van der Waals surface area contributed by atoms with Crippen LogP contribution in [0.1, 0.15) is 44.2 Å². The van der Waals surface area contributed by atoms with Gasteiger partial charge in [0, 0.05) is 41.3 Å². The topological polar surface area (TPSA) is 75.3 Å². The zero-order valence-corrected chi connectivity index (χ0v) is 16.1. The van der Waals surface area contributed by atoms with Crippen molar-refractivity contribution in [2.75, 3.05) is 12.0 Å². The Hall–Kier alpha value is -1.40. The van der Waals surface area contributed by atoms with Gasteiger partial charge in [0.15, 0.2) is 0 Å². The zero-order valence-electron chi connectivity index (χ0n) is 14.5. The Bertz CT molecular complexity index is 620. The molecule has 2 N–H and O–H groups in total. The van der Waals surface area contributed by atoms with Crippen molar-refractivity contribution in [1.29, 1.82) is 0 Å². The van der Waals surface area contributed by atoms with Gasteiger partial charge in [0.25, 0.3) is 0 Å². The first-order chi connectivity index (χ1) is 11.2. The second kappa shape index (κ2) is 9.79. The standard InChI is InChI=1S/C17H25ClN2O3S/c1-11(2)13-5-6-14(15(18)9-13)10-19-17(22)16(20-12(3)21)7-8-24(4)23/h5-6,9,11,16H,7-8,10H2,1-4H3,(H,19,22)(H,20,21). The molecule has 134 valence electrons. The normalized spacial score (nSPS) is 13.4. The molecule has 1 aromatic rings. The number of benzene rings is 1. The summed E-state index contributed by atoms with van der Waals surface area (Å²) in [6, 6.07) is 5.09. The van der Waals surface area contributed by atoms with Gasteiger partial charge >= 0.3 is 0 Å². The smallest absolute Gasteiger partial charge is 0.242 e. The lowest BCUT2D eigenvalue weighted by Crippen LogP contribution is -2.46. The Morgan fingerprint density at radius 1 is 1.29 bits per heavy atom. The highest BCUT2D eigenvalue weighted by atomic mass is 35.5. The predicted octanol–water partition coefficient (Wildman–Crippen LogP) is 2.35. The largest absolute Gasteiger partial charge is 0.350 e. The zero-order chi connectivity index (χ0) is 18.3. The monoisotopic (exact) mass is 372 g/mol. The molecule has 0 bridgehead atoms. The van der Waals surface area contributed by atoms with Crippen molar-refractivity contribution in [3.63, 3.8) is 0 Å². The summed E-state index contributed by atoms with van der Waals surface area (Å²) in [6.07, 6.45) is 1.90. The van der Waals surface area contributed by atoms with Crippen LogP contribution in [0, 0.1) is 0 Å². The molecule has 0 fully saturated rings. The maximum atomic E-state index is 12.3. The van der Waals surface area contributed by atoms with E-state index in [-0.39, 0.29) is 18.4 Å². The van der Waals surface area contributed by atoms with Crippen LogP contribution in [0.4, 0.5) is 0 Å². The number of rotatable bonds is 8. The fraction of sp³-hybridized carbons (Fsp3) is 0.529. The van der Waals surface area contributed by atoms with E-state index in [0.29, 0.717) is 23.1 Å². The van der Waals surface area contributed by atoms with Crippen molar-refractivity contribution in [3.05, 3.63) is 34.3 Å². The summed E-state index contributed by atoms with van der Waals surface area (Å²) in [4.78, 5) is 23.5. The van der Waals surface area contributed by atoms with Gasteiger partial charge in [-0.3, -0.25) is 13.8 Å². The van der Waals surface area contributed by atoms with E-state index in [9.17, 15) is 13.8 Å². The third-order valence-electron chi connectivity index (χ3n) is 3.58. The van der Waals surface area contributed by atoms with E-state index < -0.39 is 16.8 Å². The Labute approximate surface area is 151 Å². The first-order valence-corrected chi connectivity index (χ1v) is 9.94. The van der Waals surface area contributed by atoms with Crippen LogP contribution in [-0.2, 0) is 26.9 Å². The minimum atomic E-state index is -1.02. The van der Waals surface area contributed by atoms with Crippen LogP contribution in [0.3, 0.4) is 0 Å². The molecule has 0 aromatic heterocycles. The first kappa shape index (κ1) is 20.6. The lowest BCUT2D eigenvalue weighted by Gasteiger charge is -2.17. The molecule has 2 unspecified atom stereocenters. The van der Waals surface area contributed by atoms with E-state index >= 15 is 0 Å². The van der Waals surface area contributed by atoms with Gasteiger partial charge in [0.2, 0.25) is 11.8 Å². The van der Waals surface area contributed by atoms with Gasteiger partial charge in [-0.1, -0.05) is 37.6 Å². The highest BCUT2D eigenvalue weighted by molar-refractivity contribution is 7.84. The SMILES string of the molecule is CC(=O)NC(CCS(C)=O)C(=O)NCc1ccc(C(C)C)cc1Cl. The van der Waals surface area contributed by atoms with Crippen LogP contribution in [0.5, 0.6) is 0 Å². The molecule has 1 rings (SSSR count). The van der Waals surface area contributed by atoms with Gasteiger partial charge in [-0.2, -0.15) is 0 Å². The van der Waals surface area contributed by atoms with Gasteiger partial charge in [-0.25, -0.2) is 0 Å². The molecule has 2 amide bonds.